The second-order valence-corrected chi connectivity index (χ2v) is 5.95. The fourth-order valence-electron chi connectivity index (χ4n) is 1.84. The van der Waals surface area contributed by atoms with Gasteiger partial charge < -0.3 is 5.32 Å². The maximum atomic E-state index is 12.8. The molecule has 0 aliphatic heterocycles. The Morgan fingerprint density at radius 3 is 2.53 bits per heavy atom. The molecule has 1 aromatic carbocycles. The van der Waals surface area contributed by atoms with Crippen LogP contribution in [0.1, 0.15) is 30.5 Å². The third kappa shape index (κ3) is 5.32. The van der Waals surface area contributed by atoms with Crippen LogP contribution < -0.4 is 5.32 Å². The number of benzene rings is 1. The van der Waals surface area contributed by atoms with Crippen molar-refractivity contribution in [2.45, 2.75) is 25.6 Å². The standard InChI is InChI=1S/C13H18F3NOS/c1-10(17-8-5-9-19(2)18)11-6-3-4-7-12(11)13(14,15)16/h3-4,6-7,10,17H,5,8-9H2,1-2H3. The van der Waals surface area contributed by atoms with E-state index >= 15 is 0 Å². The largest absolute Gasteiger partial charge is 0.416 e. The summed E-state index contributed by atoms with van der Waals surface area (Å²) in [5.41, 5.74) is -0.360. The molecule has 1 rings (SSSR count). The van der Waals surface area contributed by atoms with Gasteiger partial charge in [-0.15, -0.1) is 0 Å². The predicted molar refractivity (Wildman–Crippen MR) is 71.4 cm³/mol. The van der Waals surface area contributed by atoms with E-state index < -0.39 is 22.5 Å². The van der Waals surface area contributed by atoms with Crippen LogP contribution >= 0.6 is 0 Å². The molecule has 108 valence electrons. The van der Waals surface area contributed by atoms with Crippen molar-refractivity contribution in [2.24, 2.45) is 0 Å². The van der Waals surface area contributed by atoms with E-state index in [1.165, 1.54) is 12.1 Å². The van der Waals surface area contributed by atoms with Crippen molar-refractivity contribution in [2.75, 3.05) is 18.6 Å². The van der Waals surface area contributed by atoms with Crippen LogP contribution in [0.15, 0.2) is 24.3 Å². The number of hydrogen-bond acceptors (Lipinski definition) is 2. The van der Waals surface area contributed by atoms with E-state index in [0.29, 0.717) is 18.7 Å². The minimum atomic E-state index is -4.34. The van der Waals surface area contributed by atoms with E-state index in [0.717, 1.165) is 6.07 Å². The maximum absolute atomic E-state index is 12.8. The number of halogens is 3. The quantitative estimate of drug-likeness (QED) is 0.817. The van der Waals surface area contributed by atoms with Crippen LogP contribution in [-0.4, -0.2) is 22.8 Å². The van der Waals surface area contributed by atoms with Gasteiger partial charge in [0.1, 0.15) is 0 Å². The third-order valence-electron chi connectivity index (χ3n) is 2.79. The molecule has 0 heterocycles. The molecule has 0 radical (unpaired) electrons. The molecule has 6 heteroatoms. The molecule has 1 N–H and O–H groups in total. The Hall–Kier alpha value is -0.880. The van der Waals surface area contributed by atoms with Gasteiger partial charge in [0, 0.05) is 28.9 Å². The highest BCUT2D eigenvalue weighted by Gasteiger charge is 2.33. The highest BCUT2D eigenvalue weighted by atomic mass is 32.2. The molecule has 2 unspecified atom stereocenters. The molecule has 0 amide bonds. The molecule has 0 aliphatic carbocycles. The van der Waals surface area contributed by atoms with Crippen LogP contribution in [0.3, 0.4) is 0 Å². The van der Waals surface area contributed by atoms with Crippen molar-refractivity contribution in [3.8, 4) is 0 Å². The minimum Gasteiger partial charge on any atom is -0.310 e. The molecule has 0 aliphatic rings. The average Bonchev–Trinajstić information content (AvgIpc) is 2.33. The molecular weight excluding hydrogens is 275 g/mol. The lowest BCUT2D eigenvalue weighted by atomic mass is 10.0. The summed E-state index contributed by atoms with van der Waals surface area (Å²) in [6.45, 7) is 2.25. The zero-order valence-corrected chi connectivity index (χ0v) is 11.8. The fraction of sp³-hybridized carbons (Fsp3) is 0.538. The molecule has 0 bridgehead atoms. The Labute approximate surface area is 113 Å². The smallest absolute Gasteiger partial charge is 0.310 e. The summed E-state index contributed by atoms with van der Waals surface area (Å²) in [4.78, 5) is 0. The van der Waals surface area contributed by atoms with E-state index in [9.17, 15) is 17.4 Å². The summed E-state index contributed by atoms with van der Waals surface area (Å²) in [7, 11) is -0.863. The van der Waals surface area contributed by atoms with Crippen molar-refractivity contribution >= 4 is 10.8 Å². The van der Waals surface area contributed by atoms with Gasteiger partial charge in [0.05, 0.1) is 5.56 Å². The van der Waals surface area contributed by atoms with Crippen LogP contribution in [-0.2, 0) is 17.0 Å². The first kappa shape index (κ1) is 16.2. The third-order valence-corrected chi connectivity index (χ3v) is 3.66. The van der Waals surface area contributed by atoms with Crippen LogP contribution in [0.2, 0.25) is 0 Å². The van der Waals surface area contributed by atoms with Gasteiger partial charge in [0.25, 0.3) is 0 Å². The van der Waals surface area contributed by atoms with Crippen molar-refractivity contribution in [1.29, 1.82) is 0 Å². The second-order valence-electron chi connectivity index (χ2n) is 4.39. The summed E-state index contributed by atoms with van der Waals surface area (Å²) in [5, 5.41) is 3.03. The van der Waals surface area contributed by atoms with E-state index in [4.69, 9.17) is 0 Å². The highest BCUT2D eigenvalue weighted by molar-refractivity contribution is 7.84. The minimum absolute atomic E-state index is 0.243. The first-order valence-corrected chi connectivity index (χ1v) is 7.74. The van der Waals surface area contributed by atoms with Crippen molar-refractivity contribution in [3.63, 3.8) is 0 Å². The molecular formula is C13H18F3NOS. The van der Waals surface area contributed by atoms with Gasteiger partial charge in [-0.1, -0.05) is 18.2 Å². The van der Waals surface area contributed by atoms with Crippen molar-refractivity contribution < 1.29 is 17.4 Å². The number of rotatable bonds is 6. The maximum Gasteiger partial charge on any atom is 0.416 e. The highest BCUT2D eigenvalue weighted by Crippen LogP contribution is 2.34. The summed E-state index contributed by atoms with van der Waals surface area (Å²) < 4.78 is 49.4. The van der Waals surface area contributed by atoms with Gasteiger partial charge in [-0.25, -0.2) is 0 Å². The Morgan fingerprint density at radius 1 is 1.32 bits per heavy atom. The topological polar surface area (TPSA) is 29.1 Å². The molecule has 0 aromatic heterocycles. The average molecular weight is 293 g/mol. The van der Waals surface area contributed by atoms with E-state index in [2.05, 4.69) is 5.32 Å². The normalized spacial score (nSPS) is 15.2. The second kappa shape index (κ2) is 7.05. The molecule has 0 saturated heterocycles. The Kier molecular flexibility index (Phi) is 6.00. The summed E-state index contributed by atoms with van der Waals surface area (Å²) in [6, 6.07) is 5.18. The Morgan fingerprint density at radius 2 is 1.95 bits per heavy atom. The first-order valence-electron chi connectivity index (χ1n) is 6.02. The molecule has 2 nitrogen and oxygen atoms in total. The number of hydrogen-bond donors (Lipinski definition) is 1. The summed E-state index contributed by atoms with van der Waals surface area (Å²) >= 11 is 0. The van der Waals surface area contributed by atoms with E-state index in [1.54, 1.807) is 19.2 Å². The molecule has 0 fully saturated rings. The SMILES string of the molecule is CC(NCCCS(C)=O)c1ccccc1C(F)(F)F. The van der Waals surface area contributed by atoms with Gasteiger partial charge in [-0.2, -0.15) is 13.2 Å². The van der Waals surface area contributed by atoms with E-state index in [1.807, 2.05) is 0 Å². The molecule has 2 atom stereocenters. The van der Waals surface area contributed by atoms with Gasteiger partial charge in [0.2, 0.25) is 0 Å². The monoisotopic (exact) mass is 293 g/mol. The van der Waals surface area contributed by atoms with Crippen LogP contribution in [0.4, 0.5) is 13.2 Å². The first-order chi connectivity index (χ1) is 8.82. The molecule has 0 saturated carbocycles. The fourth-order valence-corrected chi connectivity index (χ4v) is 2.39. The van der Waals surface area contributed by atoms with Gasteiger partial charge in [-0.3, -0.25) is 4.21 Å². The van der Waals surface area contributed by atoms with Gasteiger partial charge in [-0.05, 0) is 31.5 Å². The Balaban J connectivity index is 2.67. The molecule has 19 heavy (non-hydrogen) atoms. The zero-order chi connectivity index (χ0) is 14.5. The number of nitrogens with one attached hydrogen (secondary N) is 1. The summed E-state index contributed by atoms with van der Waals surface area (Å²) in [5.74, 6) is 0.556. The lowest BCUT2D eigenvalue weighted by Crippen LogP contribution is -2.23. The molecule has 1 aromatic rings. The van der Waals surface area contributed by atoms with Crippen LogP contribution in [0.25, 0.3) is 0 Å². The number of alkyl halides is 3. The summed E-state index contributed by atoms with van der Waals surface area (Å²) in [6.07, 6.45) is -2.04. The van der Waals surface area contributed by atoms with Gasteiger partial charge >= 0.3 is 6.18 Å². The van der Waals surface area contributed by atoms with Crippen LogP contribution in [0, 0.1) is 0 Å². The lowest BCUT2D eigenvalue weighted by Gasteiger charge is -2.19. The predicted octanol–water partition coefficient (Wildman–Crippen LogP) is 3.12. The lowest BCUT2D eigenvalue weighted by molar-refractivity contribution is -0.138. The van der Waals surface area contributed by atoms with Crippen molar-refractivity contribution in [1.82, 2.24) is 5.32 Å². The Bertz CT molecular complexity index is 434. The van der Waals surface area contributed by atoms with Gasteiger partial charge in [0.15, 0.2) is 0 Å². The van der Waals surface area contributed by atoms with Crippen molar-refractivity contribution in [3.05, 3.63) is 35.4 Å². The molecule has 0 spiro atoms. The zero-order valence-electron chi connectivity index (χ0n) is 11.0. The van der Waals surface area contributed by atoms with Crippen LogP contribution in [0.5, 0.6) is 0 Å². The van der Waals surface area contributed by atoms with E-state index in [-0.39, 0.29) is 11.6 Å².